The van der Waals surface area contributed by atoms with Crippen LogP contribution < -0.4 is 14.8 Å². The molecule has 39 heavy (non-hydrogen) atoms. The fourth-order valence-electron chi connectivity index (χ4n) is 3.74. The van der Waals surface area contributed by atoms with Crippen LogP contribution in [0.2, 0.25) is 0 Å². The van der Waals surface area contributed by atoms with Gasteiger partial charge in [0, 0.05) is 6.07 Å². The molecule has 2 rings (SSSR count). The number of esters is 2. The van der Waals surface area contributed by atoms with Gasteiger partial charge in [0.15, 0.2) is 0 Å². The van der Waals surface area contributed by atoms with Crippen LogP contribution in [0.3, 0.4) is 0 Å². The first-order valence-corrected chi connectivity index (χ1v) is 13.3. The molecular formula is C30H41NO8. The SMILES string of the molecule is CCOC(=O)C(CCCc1ccc(Oc2cccc(OC(C)C)c2)cc1)(NC(=O)OC(C)(C)C)C(=O)OCC. The van der Waals surface area contributed by atoms with E-state index in [1.807, 2.05) is 62.4 Å². The van der Waals surface area contributed by atoms with Crippen molar-refractivity contribution < 1.29 is 38.1 Å². The lowest BCUT2D eigenvalue weighted by Crippen LogP contribution is -2.62. The molecule has 2 aromatic rings. The second-order valence-electron chi connectivity index (χ2n) is 10.2. The van der Waals surface area contributed by atoms with Gasteiger partial charge in [0.25, 0.3) is 0 Å². The Morgan fingerprint density at radius 3 is 1.97 bits per heavy atom. The van der Waals surface area contributed by atoms with E-state index < -0.39 is 29.2 Å². The maximum Gasteiger partial charge on any atom is 0.409 e. The first kappa shape index (κ1) is 31.5. The summed E-state index contributed by atoms with van der Waals surface area (Å²) in [7, 11) is 0. The summed E-state index contributed by atoms with van der Waals surface area (Å²) in [6.45, 7) is 12.3. The average molecular weight is 544 g/mol. The van der Waals surface area contributed by atoms with Crippen LogP contribution >= 0.6 is 0 Å². The normalized spacial score (nSPS) is 11.5. The highest BCUT2D eigenvalue weighted by molar-refractivity contribution is 6.07. The van der Waals surface area contributed by atoms with E-state index in [1.54, 1.807) is 34.6 Å². The van der Waals surface area contributed by atoms with Crippen molar-refractivity contribution in [1.82, 2.24) is 5.32 Å². The predicted octanol–water partition coefficient (Wildman–Crippen LogP) is 5.98. The van der Waals surface area contributed by atoms with E-state index in [4.69, 9.17) is 23.7 Å². The zero-order valence-electron chi connectivity index (χ0n) is 24.0. The maximum absolute atomic E-state index is 13.0. The smallest absolute Gasteiger partial charge is 0.409 e. The van der Waals surface area contributed by atoms with Gasteiger partial charge in [-0.3, -0.25) is 5.32 Å². The van der Waals surface area contributed by atoms with Crippen LogP contribution in [-0.2, 0) is 30.2 Å². The number of aryl methyl sites for hydroxylation is 1. The average Bonchev–Trinajstić information content (AvgIpc) is 2.83. The summed E-state index contributed by atoms with van der Waals surface area (Å²) in [6, 6.07) is 14.9. The number of benzene rings is 2. The van der Waals surface area contributed by atoms with Gasteiger partial charge in [-0.1, -0.05) is 18.2 Å². The maximum atomic E-state index is 13.0. The number of amides is 1. The molecule has 0 aromatic heterocycles. The summed E-state index contributed by atoms with van der Waals surface area (Å²) in [6.07, 6.45) is 0.0138. The summed E-state index contributed by atoms with van der Waals surface area (Å²) in [5.41, 5.74) is -1.90. The Balaban J connectivity index is 2.13. The van der Waals surface area contributed by atoms with Crippen molar-refractivity contribution in [3.05, 3.63) is 54.1 Å². The minimum absolute atomic E-state index is 0.0317. The molecule has 0 aliphatic rings. The van der Waals surface area contributed by atoms with Crippen molar-refractivity contribution in [2.45, 2.75) is 85.0 Å². The van der Waals surface area contributed by atoms with E-state index in [1.165, 1.54) is 0 Å². The molecule has 0 fully saturated rings. The van der Waals surface area contributed by atoms with E-state index in [0.717, 1.165) is 11.3 Å². The van der Waals surface area contributed by atoms with Gasteiger partial charge in [-0.2, -0.15) is 0 Å². The highest BCUT2D eigenvalue weighted by Crippen LogP contribution is 2.27. The molecule has 9 heteroatoms. The Labute approximate surface area is 231 Å². The number of alkyl carbamates (subject to hydrolysis) is 1. The summed E-state index contributed by atoms with van der Waals surface area (Å²) in [4.78, 5) is 38.6. The highest BCUT2D eigenvalue weighted by atomic mass is 16.6. The lowest BCUT2D eigenvalue weighted by atomic mass is 9.91. The van der Waals surface area contributed by atoms with Gasteiger partial charge < -0.3 is 23.7 Å². The Morgan fingerprint density at radius 2 is 1.44 bits per heavy atom. The number of nitrogens with one attached hydrogen (secondary N) is 1. The lowest BCUT2D eigenvalue weighted by molar-refractivity contribution is -0.166. The zero-order valence-corrected chi connectivity index (χ0v) is 24.0. The van der Waals surface area contributed by atoms with Crippen molar-refractivity contribution >= 4 is 18.0 Å². The summed E-state index contributed by atoms with van der Waals surface area (Å²) >= 11 is 0. The molecule has 0 saturated carbocycles. The minimum Gasteiger partial charge on any atom is -0.491 e. The van der Waals surface area contributed by atoms with Crippen LogP contribution in [0.5, 0.6) is 17.2 Å². The minimum atomic E-state index is -2.03. The van der Waals surface area contributed by atoms with Gasteiger partial charge in [-0.15, -0.1) is 0 Å². The van der Waals surface area contributed by atoms with Crippen molar-refractivity contribution in [2.24, 2.45) is 0 Å². The third-order valence-electron chi connectivity index (χ3n) is 5.32. The molecule has 0 spiro atoms. The van der Waals surface area contributed by atoms with E-state index in [0.29, 0.717) is 24.3 Å². The number of rotatable bonds is 13. The quantitative estimate of drug-likeness (QED) is 0.187. The van der Waals surface area contributed by atoms with Crippen LogP contribution in [0.25, 0.3) is 0 Å². The molecule has 1 amide bonds. The van der Waals surface area contributed by atoms with E-state index in [9.17, 15) is 14.4 Å². The zero-order chi connectivity index (χ0) is 29.1. The molecule has 0 unspecified atom stereocenters. The lowest BCUT2D eigenvalue weighted by Gasteiger charge is -2.31. The molecular weight excluding hydrogens is 502 g/mol. The monoisotopic (exact) mass is 543 g/mol. The predicted molar refractivity (Wildman–Crippen MR) is 147 cm³/mol. The standard InChI is InChI=1S/C30H41NO8/c1-8-35-26(32)30(27(33)36-9-2,31-28(34)39-29(5,6)7)19-11-12-22-15-17-23(18-16-22)38-25-14-10-13-24(20-25)37-21(3)4/h10,13-18,20-21H,8-9,11-12,19H2,1-7H3,(H,31,34). The Hall–Kier alpha value is -3.75. The first-order chi connectivity index (χ1) is 18.4. The largest absolute Gasteiger partial charge is 0.491 e. The highest BCUT2D eigenvalue weighted by Gasteiger charge is 2.50. The summed E-state index contributed by atoms with van der Waals surface area (Å²) in [5, 5.41) is 2.45. The molecule has 0 aliphatic carbocycles. The fourth-order valence-corrected chi connectivity index (χ4v) is 3.74. The van der Waals surface area contributed by atoms with Crippen LogP contribution in [0.4, 0.5) is 4.79 Å². The number of carbonyl (C=O) groups excluding carboxylic acids is 3. The van der Waals surface area contributed by atoms with E-state index in [2.05, 4.69) is 5.32 Å². The van der Waals surface area contributed by atoms with Gasteiger partial charge in [-0.05, 0) is 97.6 Å². The molecule has 214 valence electrons. The molecule has 0 aliphatic heterocycles. The molecule has 0 atom stereocenters. The van der Waals surface area contributed by atoms with E-state index in [-0.39, 0.29) is 25.7 Å². The van der Waals surface area contributed by atoms with Gasteiger partial charge in [0.1, 0.15) is 22.8 Å². The fraction of sp³-hybridized carbons (Fsp3) is 0.500. The van der Waals surface area contributed by atoms with Crippen molar-refractivity contribution in [1.29, 1.82) is 0 Å². The first-order valence-electron chi connectivity index (χ1n) is 13.3. The molecule has 1 N–H and O–H groups in total. The molecule has 2 aromatic carbocycles. The molecule has 0 bridgehead atoms. The van der Waals surface area contributed by atoms with Crippen LogP contribution in [-0.4, -0.2) is 48.5 Å². The topological polar surface area (TPSA) is 109 Å². The molecule has 0 saturated heterocycles. The molecule has 0 heterocycles. The molecule has 9 nitrogen and oxygen atoms in total. The van der Waals surface area contributed by atoms with Gasteiger partial charge in [0.05, 0.1) is 19.3 Å². The summed E-state index contributed by atoms with van der Waals surface area (Å²) in [5.74, 6) is 0.261. The van der Waals surface area contributed by atoms with Crippen LogP contribution in [0.15, 0.2) is 48.5 Å². The number of carbonyl (C=O) groups is 3. The van der Waals surface area contributed by atoms with Crippen molar-refractivity contribution in [3.8, 4) is 17.2 Å². The van der Waals surface area contributed by atoms with Gasteiger partial charge in [-0.25, -0.2) is 14.4 Å². The third-order valence-corrected chi connectivity index (χ3v) is 5.32. The van der Waals surface area contributed by atoms with E-state index >= 15 is 0 Å². The van der Waals surface area contributed by atoms with Crippen molar-refractivity contribution in [3.63, 3.8) is 0 Å². The van der Waals surface area contributed by atoms with Gasteiger partial charge in [0.2, 0.25) is 5.54 Å². The van der Waals surface area contributed by atoms with Gasteiger partial charge >= 0.3 is 18.0 Å². The second kappa shape index (κ2) is 14.4. The second-order valence-corrected chi connectivity index (χ2v) is 10.2. The van der Waals surface area contributed by atoms with Crippen LogP contribution in [0.1, 0.15) is 66.9 Å². The number of hydrogen-bond acceptors (Lipinski definition) is 8. The van der Waals surface area contributed by atoms with Crippen molar-refractivity contribution in [2.75, 3.05) is 13.2 Å². The Bertz CT molecular complexity index is 1070. The third kappa shape index (κ3) is 10.1. The Morgan fingerprint density at radius 1 is 0.846 bits per heavy atom. The number of hydrogen-bond donors (Lipinski definition) is 1. The summed E-state index contributed by atoms with van der Waals surface area (Å²) < 4.78 is 27.3. The number of ether oxygens (including phenoxy) is 5. The van der Waals surface area contributed by atoms with Crippen LogP contribution in [0, 0.1) is 0 Å². The Kier molecular flexibility index (Phi) is 11.6. The molecule has 0 radical (unpaired) electrons.